The van der Waals surface area contributed by atoms with Crippen molar-refractivity contribution in [3.8, 4) is 0 Å². The van der Waals surface area contributed by atoms with E-state index in [-0.39, 0.29) is 5.91 Å². The van der Waals surface area contributed by atoms with Gasteiger partial charge in [0, 0.05) is 12.6 Å². The van der Waals surface area contributed by atoms with E-state index in [9.17, 15) is 4.79 Å². The Hall–Kier alpha value is -2.62. The number of para-hydroxylation sites is 2. The van der Waals surface area contributed by atoms with Crippen LogP contribution >= 0.6 is 0 Å². The lowest BCUT2D eigenvalue weighted by Crippen LogP contribution is -2.15. The largest absolute Gasteiger partial charge is 0.313 e. The van der Waals surface area contributed by atoms with Gasteiger partial charge in [-0.25, -0.2) is 4.98 Å². The average Bonchev–Trinajstić information content (AvgIpc) is 2.90. The molecule has 1 N–H and O–H groups in total. The topological polar surface area (TPSA) is 46.9 Å². The molecule has 1 unspecified atom stereocenters. The third-order valence-corrected chi connectivity index (χ3v) is 4.69. The average molecular weight is 321 g/mol. The SMILES string of the molecule is CC(C)C(C)c1cccc(C(=O)Nc2nc3ccccc3n2C)c1. The second kappa shape index (κ2) is 6.48. The summed E-state index contributed by atoms with van der Waals surface area (Å²) in [5, 5.41) is 2.92. The molecule has 3 rings (SSSR count). The van der Waals surface area contributed by atoms with Gasteiger partial charge in [0.25, 0.3) is 5.91 Å². The van der Waals surface area contributed by atoms with Crippen LogP contribution in [-0.4, -0.2) is 15.5 Å². The molecule has 0 saturated carbocycles. The molecule has 0 radical (unpaired) electrons. The van der Waals surface area contributed by atoms with E-state index in [1.54, 1.807) is 0 Å². The molecule has 0 fully saturated rings. The number of nitrogens with zero attached hydrogens (tertiary/aromatic N) is 2. The number of aryl methyl sites for hydroxylation is 1. The molecule has 24 heavy (non-hydrogen) atoms. The molecule has 0 bridgehead atoms. The molecule has 3 aromatic rings. The Morgan fingerprint density at radius 3 is 2.54 bits per heavy atom. The van der Waals surface area contributed by atoms with Crippen molar-refractivity contribution in [1.29, 1.82) is 0 Å². The number of anilines is 1. The van der Waals surface area contributed by atoms with E-state index in [4.69, 9.17) is 0 Å². The van der Waals surface area contributed by atoms with Crippen molar-refractivity contribution in [2.45, 2.75) is 26.7 Å². The van der Waals surface area contributed by atoms with Crippen LogP contribution in [0.15, 0.2) is 48.5 Å². The van der Waals surface area contributed by atoms with Gasteiger partial charge in [0.05, 0.1) is 11.0 Å². The van der Waals surface area contributed by atoms with Crippen LogP contribution in [0.1, 0.15) is 42.6 Å². The van der Waals surface area contributed by atoms with Crippen molar-refractivity contribution in [3.63, 3.8) is 0 Å². The third-order valence-electron chi connectivity index (χ3n) is 4.69. The van der Waals surface area contributed by atoms with Crippen molar-refractivity contribution in [2.75, 3.05) is 5.32 Å². The maximum atomic E-state index is 12.6. The molecule has 2 aromatic carbocycles. The molecule has 1 atom stereocenters. The Morgan fingerprint density at radius 2 is 1.83 bits per heavy atom. The Balaban J connectivity index is 1.86. The minimum absolute atomic E-state index is 0.133. The summed E-state index contributed by atoms with van der Waals surface area (Å²) in [7, 11) is 1.90. The molecule has 0 aliphatic rings. The molecule has 0 aliphatic heterocycles. The third kappa shape index (κ3) is 3.04. The lowest BCUT2D eigenvalue weighted by Gasteiger charge is -2.16. The highest BCUT2D eigenvalue weighted by atomic mass is 16.1. The van der Waals surface area contributed by atoms with Gasteiger partial charge >= 0.3 is 0 Å². The van der Waals surface area contributed by atoms with Gasteiger partial charge in [-0.05, 0) is 41.7 Å². The number of hydrogen-bond acceptors (Lipinski definition) is 2. The zero-order valence-electron chi connectivity index (χ0n) is 14.6. The van der Waals surface area contributed by atoms with Gasteiger partial charge in [0.15, 0.2) is 0 Å². The van der Waals surface area contributed by atoms with Crippen molar-refractivity contribution < 1.29 is 4.79 Å². The molecular formula is C20H23N3O. The highest BCUT2D eigenvalue weighted by Crippen LogP contribution is 2.24. The first kappa shape index (κ1) is 16.2. The van der Waals surface area contributed by atoms with E-state index in [0.29, 0.717) is 23.3 Å². The summed E-state index contributed by atoms with van der Waals surface area (Å²) in [4.78, 5) is 17.1. The fraction of sp³-hybridized carbons (Fsp3) is 0.300. The molecular weight excluding hydrogens is 298 g/mol. The maximum absolute atomic E-state index is 12.6. The molecule has 0 aliphatic carbocycles. The van der Waals surface area contributed by atoms with E-state index in [1.165, 1.54) is 5.56 Å². The van der Waals surface area contributed by atoms with Crippen LogP contribution in [0.3, 0.4) is 0 Å². The number of aromatic nitrogens is 2. The zero-order chi connectivity index (χ0) is 17.3. The number of fused-ring (bicyclic) bond motifs is 1. The summed E-state index contributed by atoms with van der Waals surface area (Å²) >= 11 is 0. The predicted molar refractivity (Wildman–Crippen MR) is 98.4 cm³/mol. The first-order chi connectivity index (χ1) is 11.5. The molecule has 124 valence electrons. The van der Waals surface area contributed by atoms with Gasteiger partial charge in [-0.15, -0.1) is 0 Å². The van der Waals surface area contributed by atoms with E-state index in [0.717, 1.165) is 11.0 Å². The number of rotatable bonds is 4. The summed E-state index contributed by atoms with van der Waals surface area (Å²) in [6.45, 7) is 6.57. The van der Waals surface area contributed by atoms with Crippen LogP contribution in [0.2, 0.25) is 0 Å². The zero-order valence-corrected chi connectivity index (χ0v) is 14.6. The summed E-state index contributed by atoms with van der Waals surface area (Å²) < 4.78 is 1.90. The smallest absolute Gasteiger partial charge is 0.257 e. The fourth-order valence-corrected chi connectivity index (χ4v) is 2.78. The van der Waals surface area contributed by atoms with Gasteiger partial charge in [-0.1, -0.05) is 45.0 Å². The van der Waals surface area contributed by atoms with Crippen LogP contribution < -0.4 is 5.32 Å². The highest BCUT2D eigenvalue weighted by Gasteiger charge is 2.15. The van der Waals surface area contributed by atoms with E-state index >= 15 is 0 Å². The maximum Gasteiger partial charge on any atom is 0.257 e. The summed E-state index contributed by atoms with van der Waals surface area (Å²) in [6, 6.07) is 15.7. The van der Waals surface area contributed by atoms with Crippen LogP contribution in [-0.2, 0) is 7.05 Å². The fourth-order valence-electron chi connectivity index (χ4n) is 2.78. The van der Waals surface area contributed by atoms with Crippen LogP contribution in [0.4, 0.5) is 5.95 Å². The van der Waals surface area contributed by atoms with Gasteiger partial charge in [-0.3, -0.25) is 10.1 Å². The summed E-state index contributed by atoms with van der Waals surface area (Å²) in [6.07, 6.45) is 0. The van der Waals surface area contributed by atoms with E-state index in [1.807, 2.05) is 54.1 Å². The number of hydrogen-bond donors (Lipinski definition) is 1. The predicted octanol–water partition coefficient (Wildman–Crippen LogP) is 4.59. The second-order valence-corrected chi connectivity index (χ2v) is 6.60. The van der Waals surface area contributed by atoms with Crippen molar-refractivity contribution in [3.05, 3.63) is 59.7 Å². The van der Waals surface area contributed by atoms with E-state index < -0.39 is 0 Å². The van der Waals surface area contributed by atoms with Crippen LogP contribution in [0.25, 0.3) is 11.0 Å². The Bertz CT molecular complexity index is 879. The number of amides is 1. The Kier molecular flexibility index (Phi) is 4.38. The van der Waals surface area contributed by atoms with E-state index in [2.05, 4.69) is 37.1 Å². The van der Waals surface area contributed by atoms with Crippen LogP contribution in [0, 0.1) is 5.92 Å². The molecule has 0 spiro atoms. The number of carbonyl (C=O) groups excluding carboxylic acids is 1. The first-order valence-corrected chi connectivity index (χ1v) is 8.30. The summed E-state index contributed by atoms with van der Waals surface area (Å²) in [5.74, 6) is 1.37. The quantitative estimate of drug-likeness (QED) is 0.764. The van der Waals surface area contributed by atoms with Crippen molar-refractivity contribution in [2.24, 2.45) is 13.0 Å². The van der Waals surface area contributed by atoms with Crippen molar-refractivity contribution in [1.82, 2.24) is 9.55 Å². The lowest BCUT2D eigenvalue weighted by atomic mass is 9.89. The van der Waals surface area contributed by atoms with Crippen LogP contribution in [0.5, 0.6) is 0 Å². The summed E-state index contributed by atoms with van der Waals surface area (Å²) in [5.41, 5.74) is 3.71. The molecule has 0 saturated heterocycles. The van der Waals surface area contributed by atoms with Crippen molar-refractivity contribution >= 4 is 22.9 Å². The standard InChI is InChI=1S/C20H23N3O/c1-13(2)14(3)15-8-7-9-16(12-15)19(24)22-20-21-17-10-5-6-11-18(17)23(20)4/h5-14H,1-4H3,(H,21,22,24). The number of imidazole rings is 1. The molecule has 1 aromatic heterocycles. The molecule has 4 heteroatoms. The molecule has 1 amide bonds. The number of carbonyl (C=O) groups is 1. The highest BCUT2D eigenvalue weighted by molar-refractivity contribution is 6.04. The number of nitrogens with one attached hydrogen (secondary N) is 1. The molecule has 4 nitrogen and oxygen atoms in total. The normalized spacial score (nSPS) is 12.5. The minimum Gasteiger partial charge on any atom is -0.313 e. The Morgan fingerprint density at radius 1 is 1.08 bits per heavy atom. The monoisotopic (exact) mass is 321 g/mol. The lowest BCUT2D eigenvalue weighted by molar-refractivity contribution is 0.102. The van der Waals surface area contributed by atoms with Gasteiger partial charge in [0.1, 0.15) is 0 Å². The molecule has 1 heterocycles. The Labute approximate surface area is 142 Å². The van der Waals surface area contributed by atoms with Gasteiger partial charge in [-0.2, -0.15) is 0 Å². The second-order valence-electron chi connectivity index (χ2n) is 6.60. The first-order valence-electron chi connectivity index (χ1n) is 8.30. The van der Waals surface area contributed by atoms with Gasteiger partial charge < -0.3 is 4.57 Å². The van der Waals surface area contributed by atoms with Gasteiger partial charge in [0.2, 0.25) is 5.95 Å². The minimum atomic E-state index is -0.133. The number of benzene rings is 2.